The van der Waals surface area contributed by atoms with Crippen LogP contribution in [-0.2, 0) is 14.4 Å². The fourth-order valence-electron chi connectivity index (χ4n) is 4.08. The van der Waals surface area contributed by atoms with Gasteiger partial charge in [0, 0.05) is 50.0 Å². The summed E-state index contributed by atoms with van der Waals surface area (Å²) in [6.07, 6.45) is 1.31. The molecule has 0 saturated carbocycles. The van der Waals surface area contributed by atoms with E-state index in [0.29, 0.717) is 55.7 Å². The van der Waals surface area contributed by atoms with Crippen molar-refractivity contribution < 1.29 is 23.6 Å². The van der Waals surface area contributed by atoms with Crippen LogP contribution in [-0.4, -0.2) is 90.2 Å². The van der Waals surface area contributed by atoms with E-state index in [1.807, 2.05) is 4.90 Å². The Morgan fingerprint density at radius 2 is 1.79 bits per heavy atom. The van der Waals surface area contributed by atoms with Crippen molar-refractivity contribution in [2.45, 2.75) is 12.5 Å². The number of furan rings is 1. The summed E-state index contributed by atoms with van der Waals surface area (Å²) in [5.41, 5.74) is 0.561. The first-order valence-electron chi connectivity index (χ1n) is 11.1. The van der Waals surface area contributed by atoms with Gasteiger partial charge in [-0.2, -0.15) is 0 Å². The van der Waals surface area contributed by atoms with Crippen molar-refractivity contribution in [2.24, 2.45) is 0 Å². The van der Waals surface area contributed by atoms with Gasteiger partial charge in [-0.25, -0.2) is 0 Å². The van der Waals surface area contributed by atoms with Crippen LogP contribution in [0.3, 0.4) is 0 Å². The number of carbonyl (C=O) groups excluding carboxylic acids is 4. The largest absolute Gasteiger partial charge is 0.459 e. The van der Waals surface area contributed by atoms with E-state index in [1.165, 1.54) is 11.2 Å². The van der Waals surface area contributed by atoms with E-state index < -0.39 is 6.04 Å². The lowest BCUT2D eigenvalue weighted by molar-refractivity contribution is -0.145. The predicted molar refractivity (Wildman–Crippen MR) is 124 cm³/mol. The minimum Gasteiger partial charge on any atom is -0.459 e. The van der Waals surface area contributed by atoms with Crippen LogP contribution >= 0.6 is 11.6 Å². The van der Waals surface area contributed by atoms with E-state index in [4.69, 9.17) is 16.0 Å². The van der Waals surface area contributed by atoms with Crippen molar-refractivity contribution in [3.05, 3.63) is 53.4 Å². The predicted octanol–water partition coefficient (Wildman–Crippen LogP) is 1.05. The Bertz CT molecular complexity index is 1030. The minimum atomic E-state index is -0.879. The summed E-state index contributed by atoms with van der Waals surface area (Å²) in [4.78, 5) is 55.6. The molecular formula is C23H26ClN5O5. The Balaban J connectivity index is 1.31. The molecule has 2 aliphatic rings. The zero-order valence-electron chi connectivity index (χ0n) is 18.5. The highest BCUT2D eigenvalue weighted by molar-refractivity contribution is 6.30. The van der Waals surface area contributed by atoms with Crippen LogP contribution in [0.2, 0.25) is 5.02 Å². The molecule has 2 aliphatic heterocycles. The second-order valence-corrected chi connectivity index (χ2v) is 8.64. The normalized spacial score (nSPS) is 19.0. The first-order chi connectivity index (χ1) is 16.4. The second kappa shape index (κ2) is 10.7. The number of amides is 4. The van der Waals surface area contributed by atoms with E-state index >= 15 is 0 Å². The standard InChI is InChI=1S/C23H26ClN5O5/c24-16-3-5-17(6-4-16)26-20(30)14-18-22(32)25-7-8-29(18)21(31)15-27-9-11-28(12-10-27)23(33)19-2-1-13-34-19/h1-6,13,18H,7-12,14-15H2,(H,25,32)(H,26,30)/t18-/m0/s1. The molecule has 3 heterocycles. The van der Waals surface area contributed by atoms with Crippen LogP contribution in [0.15, 0.2) is 47.1 Å². The molecule has 2 saturated heterocycles. The Labute approximate surface area is 201 Å². The first-order valence-corrected chi connectivity index (χ1v) is 11.5. The average Bonchev–Trinajstić information content (AvgIpc) is 3.37. The molecule has 2 fully saturated rings. The van der Waals surface area contributed by atoms with Gasteiger partial charge in [-0.15, -0.1) is 0 Å². The van der Waals surface area contributed by atoms with Crippen molar-refractivity contribution >= 4 is 40.9 Å². The molecule has 1 aromatic carbocycles. The summed E-state index contributed by atoms with van der Waals surface area (Å²) >= 11 is 5.87. The van der Waals surface area contributed by atoms with Crippen molar-refractivity contribution in [2.75, 3.05) is 51.1 Å². The zero-order chi connectivity index (χ0) is 24.1. The van der Waals surface area contributed by atoms with Gasteiger partial charge in [0.05, 0.1) is 19.2 Å². The Kier molecular flexibility index (Phi) is 7.49. The summed E-state index contributed by atoms with van der Waals surface area (Å²) in [7, 11) is 0. The van der Waals surface area contributed by atoms with E-state index in [-0.39, 0.29) is 36.6 Å². The fourth-order valence-corrected chi connectivity index (χ4v) is 4.21. The zero-order valence-corrected chi connectivity index (χ0v) is 19.3. The molecule has 180 valence electrons. The highest BCUT2D eigenvalue weighted by Crippen LogP contribution is 2.16. The molecule has 0 bridgehead atoms. The van der Waals surface area contributed by atoms with Crippen LogP contribution in [0.5, 0.6) is 0 Å². The van der Waals surface area contributed by atoms with Gasteiger partial charge in [0.1, 0.15) is 6.04 Å². The molecule has 1 atom stereocenters. The molecule has 2 N–H and O–H groups in total. The molecule has 2 aromatic rings. The van der Waals surface area contributed by atoms with Gasteiger partial charge < -0.3 is 24.9 Å². The lowest BCUT2D eigenvalue weighted by atomic mass is 10.1. The van der Waals surface area contributed by atoms with Gasteiger partial charge in [-0.1, -0.05) is 11.6 Å². The molecule has 0 aliphatic carbocycles. The smallest absolute Gasteiger partial charge is 0.289 e. The molecule has 4 amide bonds. The van der Waals surface area contributed by atoms with Crippen molar-refractivity contribution in [1.82, 2.24) is 20.0 Å². The van der Waals surface area contributed by atoms with Crippen molar-refractivity contribution in [1.29, 1.82) is 0 Å². The lowest BCUT2D eigenvalue weighted by Crippen LogP contribution is -2.60. The van der Waals surface area contributed by atoms with Gasteiger partial charge in [-0.3, -0.25) is 24.1 Å². The van der Waals surface area contributed by atoms with Crippen LogP contribution in [0.25, 0.3) is 0 Å². The molecule has 0 unspecified atom stereocenters. The Morgan fingerprint density at radius 3 is 2.47 bits per heavy atom. The van der Waals surface area contributed by atoms with Gasteiger partial charge in [-0.05, 0) is 36.4 Å². The number of hydrogen-bond donors (Lipinski definition) is 2. The van der Waals surface area contributed by atoms with E-state index in [0.717, 1.165) is 0 Å². The summed E-state index contributed by atoms with van der Waals surface area (Å²) in [6.45, 7) is 2.79. The SMILES string of the molecule is O=C(C[C@H]1C(=O)NCCN1C(=O)CN1CCN(C(=O)c2ccco2)CC1)Nc1ccc(Cl)cc1. The second-order valence-electron chi connectivity index (χ2n) is 8.20. The first kappa shape index (κ1) is 23.8. The summed E-state index contributed by atoms with van der Waals surface area (Å²) < 4.78 is 5.17. The van der Waals surface area contributed by atoms with Crippen molar-refractivity contribution in [3.8, 4) is 0 Å². The van der Waals surface area contributed by atoms with E-state index in [2.05, 4.69) is 10.6 Å². The lowest BCUT2D eigenvalue weighted by Gasteiger charge is -2.38. The van der Waals surface area contributed by atoms with Gasteiger partial charge in [0.15, 0.2) is 5.76 Å². The summed E-state index contributed by atoms with van der Waals surface area (Å²) in [5, 5.41) is 6.01. The van der Waals surface area contributed by atoms with E-state index in [9.17, 15) is 19.2 Å². The maximum absolute atomic E-state index is 13.1. The Hall–Kier alpha value is -3.37. The van der Waals surface area contributed by atoms with Gasteiger partial charge in [0.25, 0.3) is 5.91 Å². The highest BCUT2D eigenvalue weighted by Gasteiger charge is 2.35. The third-order valence-electron chi connectivity index (χ3n) is 5.91. The monoisotopic (exact) mass is 487 g/mol. The van der Waals surface area contributed by atoms with Crippen molar-refractivity contribution in [3.63, 3.8) is 0 Å². The number of piperazine rings is 2. The molecule has 34 heavy (non-hydrogen) atoms. The third-order valence-corrected chi connectivity index (χ3v) is 6.16. The fraction of sp³-hybridized carbons (Fsp3) is 0.391. The molecule has 0 radical (unpaired) electrons. The molecule has 11 heteroatoms. The van der Waals surface area contributed by atoms with Crippen LogP contribution < -0.4 is 10.6 Å². The highest BCUT2D eigenvalue weighted by atomic mass is 35.5. The summed E-state index contributed by atoms with van der Waals surface area (Å²) in [6, 6.07) is 9.06. The minimum absolute atomic E-state index is 0.116. The third kappa shape index (κ3) is 5.75. The van der Waals surface area contributed by atoms with Crippen LogP contribution in [0.1, 0.15) is 17.0 Å². The van der Waals surface area contributed by atoms with Gasteiger partial charge in [0.2, 0.25) is 17.7 Å². The maximum Gasteiger partial charge on any atom is 0.289 e. The number of rotatable bonds is 6. The van der Waals surface area contributed by atoms with Crippen LogP contribution in [0, 0.1) is 0 Å². The number of nitrogens with zero attached hydrogens (tertiary/aromatic N) is 3. The quantitative estimate of drug-likeness (QED) is 0.629. The number of benzene rings is 1. The molecular weight excluding hydrogens is 462 g/mol. The Morgan fingerprint density at radius 1 is 1.06 bits per heavy atom. The number of hydrogen-bond acceptors (Lipinski definition) is 6. The van der Waals surface area contributed by atoms with Crippen LogP contribution in [0.4, 0.5) is 5.69 Å². The maximum atomic E-state index is 13.1. The average molecular weight is 488 g/mol. The molecule has 10 nitrogen and oxygen atoms in total. The molecule has 4 rings (SSSR count). The summed E-state index contributed by atoms with van der Waals surface area (Å²) in [5.74, 6) is -0.809. The molecule has 0 spiro atoms. The van der Waals surface area contributed by atoms with Gasteiger partial charge >= 0.3 is 0 Å². The number of carbonyl (C=O) groups is 4. The number of anilines is 1. The molecule has 1 aromatic heterocycles. The topological polar surface area (TPSA) is 115 Å². The van der Waals surface area contributed by atoms with E-state index in [1.54, 1.807) is 41.3 Å². The number of nitrogens with one attached hydrogen (secondary N) is 2. The number of halogens is 1.